The van der Waals surface area contributed by atoms with E-state index in [2.05, 4.69) is 19.2 Å². The number of benzene rings is 1. The van der Waals surface area contributed by atoms with Crippen molar-refractivity contribution in [2.75, 3.05) is 12.8 Å². The third-order valence-electron chi connectivity index (χ3n) is 2.50. The van der Waals surface area contributed by atoms with Gasteiger partial charge in [-0.25, -0.2) is 0 Å². The van der Waals surface area contributed by atoms with Gasteiger partial charge in [-0.15, -0.1) is 0 Å². The zero-order chi connectivity index (χ0) is 13.6. The molecular formula is C13H22NO3S+. The molecule has 4 nitrogen and oxygen atoms in total. The second-order valence-electron chi connectivity index (χ2n) is 4.90. The van der Waals surface area contributed by atoms with Crippen LogP contribution in [-0.4, -0.2) is 21.2 Å². The quantitative estimate of drug-likeness (QED) is 0.598. The van der Waals surface area contributed by atoms with E-state index in [9.17, 15) is 8.42 Å². The second-order valence-corrected chi connectivity index (χ2v) is 6.47. The fraction of sp³-hybridized carbons (Fsp3) is 0.538. The lowest BCUT2D eigenvalue weighted by atomic mass is 10.1. The summed E-state index contributed by atoms with van der Waals surface area (Å²) in [6.07, 6.45) is 2.25. The molecule has 18 heavy (non-hydrogen) atoms. The molecule has 0 saturated heterocycles. The Kier molecular flexibility index (Phi) is 5.62. The summed E-state index contributed by atoms with van der Waals surface area (Å²) in [5.74, 6) is 1.09. The zero-order valence-electron chi connectivity index (χ0n) is 11.2. The first-order chi connectivity index (χ1) is 8.37. The zero-order valence-corrected chi connectivity index (χ0v) is 12.0. The number of hydrogen-bond donors (Lipinski definition) is 1. The van der Waals surface area contributed by atoms with Crippen molar-refractivity contribution in [3.63, 3.8) is 0 Å². The lowest BCUT2D eigenvalue weighted by molar-refractivity contribution is -0.671. The first-order valence-electron chi connectivity index (χ1n) is 6.17. The molecule has 1 aromatic carbocycles. The molecule has 2 N–H and O–H groups in total. The molecule has 1 aromatic rings. The Labute approximate surface area is 109 Å². The molecule has 0 radical (unpaired) electrons. The molecule has 0 spiro atoms. The fourth-order valence-corrected chi connectivity index (χ4v) is 2.04. The SMILES string of the molecule is CC(C)CC[NH2+]Cc1ccc(OS(C)(=O)=O)cc1. The maximum Gasteiger partial charge on any atom is 0.306 e. The van der Waals surface area contributed by atoms with Crippen LogP contribution in [0.25, 0.3) is 0 Å². The average molecular weight is 272 g/mol. The van der Waals surface area contributed by atoms with Crippen molar-refractivity contribution in [3.05, 3.63) is 29.8 Å². The molecule has 0 atom stereocenters. The van der Waals surface area contributed by atoms with Crippen LogP contribution >= 0.6 is 0 Å². The van der Waals surface area contributed by atoms with Gasteiger partial charge in [0.1, 0.15) is 12.3 Å². The maximum absolute atomic E-state index is 10.9. The summed E-state index contributed by atoms with van der Waals surface area (Å²) in [6, 6.07) is 7.16. The predicted octanol–water partition coefficient (Wildman–Crippen LogP) is 1.13. The van der Waals surface area contributed by atoms with Gasteiger partial charge in [0.05, 0.1) is 12.8 Å². The molecule has 0 unspecified atom stereocenters. The van der Waals surface area contributed by atoms with Gasteiger partial charge in [0.2, 0.25) is 0 Å². The van der Waals surface area contributed by atoms with Crippen LogP contribution in [0, 0.1) is 5.92 Å². The Hall–Kier alpha value is -1.07. The van der Waals surface area contributed by atoms with E-state index in [1.54, 1.807) is 12.1 Å². The number of nitrogens with two attached hydrogens (primary N) is 1. The van der Waals surface area contributed by atoms with Crippen LogP contribution in [0.5, 0.6) is 5.75 Å². The lowest BCUT2D eigenvalue weighted by Crippen LogP contribution is -2.82. The van der Waals surface area contributed by atoms with E-state index in [0.717, 1.165) is 25.3 Å². The summed E-state index contributed by atoms with van der Waals surface area (Å²) >= 11 is 0. The van der Waals surface area contributed by atoms with E-state index in [1.807, 2.05) is 12.1 Å². The Morgan fingerprint density at radius 1 is 1.22 bits per heavy atom. The molecule has 0 aliphatic rings. The van der Waals surface area contributed by atoms with E-state index in [0.29, 0.717) is 5.75 Å². The third kappa shape index (κ3) is 6.61. The van der Waals surface area contributed by atoms with Crippen LogP contribution in [0.4, 0.5) is 0 Å². The third-order valence-corrected chi connectivity index (χ3v) is 2.99. The second kappa shape index (κ2) is 6.75. The van der Waals surface area contributed by atoms with Crippen molar-refractivity contribution < 1.29 is 17.9 Å². The molecule has 0 aliphatic carbocycles. The van der Waals surface area contributed by atoms with Gasteiger partial charge in [0.15, 0.2) is 0 Å². The van der Waals surface area contributed by atoms with Crippen LogP contribution in [0.1, 0.15) is 25.8 Å². The van der Waals surface area contributed by atoms with E-state index < -0.39 is 10.1 Å². The highest BCUT2D eigenvalue weighted by molar-refractivity contribution is 7.86. The highest BCUT2D eigenvalue weighted by atomic mass is 32.2. The van der Waals surface area contributed by atoms with Gasteiger partial charge in [-0.05, 0) is 36.6 Å². The molecule has 102 valence electrons. The molecule has 0 fully saturated rings. The smallest absolute Gasteiger partial charge is 0.306 e. The van der Waals surface area contributed by atoms with Crippen LogP contribution in [-0.2, 0) is 16.7 Å². The van der Waals surface area contributed by atoms with Gasteiger partial charge in [0.25, 0.3) is 0 Å². The van der Waals surface area contributed by atoms with Gasteiger partial charge < -0.3 is 9.50 Å². The molecule has 1 rings (SSSR count). The van der Waals surface area contributed by atoms with Crippen molar-refractivity contribution in [3.8, 4) is 5.75 Å². The molecule has 0 amide bonds. The minimum atomic E-state index is -3.43. The summed E-state index contributed by atoms with van der Waals surface area (Å²) in [7, 11) is -3.43. The van der Waals surface area contributed by atoms with E-state index >= 15 is 0 Å². The minimum Gasteiger partial charge on any atom is -0.383 e. The highest BCUT2D eigenvalue weighted by Gasteiger charge is 2.04. The molecule has 0 bridgehead atoms. The van der Waals surface area contributed by atoms with E-state index in [-0.39, 0.29) is 0 Å². The van der Waals surface area contributed by atoms with E-state index in [4.69, 9.17) is 4.18 Å². The standard InChI is InChI=1S/C13H21NO3S/c1-11(2)8-9-14-10-12-4-6-13(7-5-12)17-18(3,15)16/h4-7,11,14H,8-10H2,1-3H3/p+1. The number of hydrogen-bond acceptors (Lipinski definition) is 3. The van der Waals surface area contributed by atoms with Gasteiger partial charge >= 0.3 is 10.1 Å². The minimum absolute atomic E-state index is 0.364. The molecule has 0 aliphatic heterocycles. The Bertz CT molecular complexity index is 452. The largest absolute Gasteiger partial charge is 0.383 e. The molecule has 0 heterocycles. The predicted molar refractivity (Wildman–Crippen MR) is 71.9 cm³/mol. The maximum atomic E-state index is 10.9. The fourth-order valence-electron chi connectivity index (χ4n) is 1.58. The number of rotatable bonds is 7. The van der Waals surface area contributed by atoms with Crippen LogP contribution in [0.15, 0.2) is 24.3 Å². The first-order valence-corrected chi connectivity index (χ1v) is 7.98. The van der Waals surface area contributed by atoms with Crippen molar-refractivity contribution in [1.29, 1.82) is 0 Å². The summed E-state index contributed by atoms with van der Waals surface area (Å²) in [5, 5.41) is 2.26. The molecule has 0 saturated carbocycles. The van der Waals surface area contributed by atoms with Gasteiger partial charge in [-0.1, -0.05) is 13.8 Å². The molecular weight excluding hydrogens is 250 g/mol. The first kappa shape index (κ1) is 15.0. The van der Waals surface area contributed by atoms with Crippen molar-refractivity contribution in [2.45, 2.75) is 26.8 Å². The van der Waals surface area contributed by atoms with Crippen LogP contribution < -0.4 is 9.50 Å². The average Bonchev–Trinajstić information content (AvgIpc) is 2.24. The summed E-state index contributed by atoms with van der Waals surface area (Å²) in [4.78, 5) is 0. The Balaban J connectivity index is 2.41. The lowest BCUT2D eigenvalue weighted by Gasteiger charge is -2.06. The van der Waals surface area contributed by atoms with Gasteiger partial charge in [-0.2, -0.15) is 8.42 Å². The topological polar surface area (TPSA) is 60.0 Å². The molecule has 5 heteroatoms. The van der Waals surface area contributed by atoms with Crippen molar-refractivity contribution in [2.24, 2.45) is 5.92 Å². The Morgan fingerprint density at radius 3 is 2.33 bits per heavy atom. The monoisotopic (exact) mass is 272 g/mol. The van der Waals surface area contributed by atoms with E-state index in [1.165, 1.54) is 12.0 Å². The highest BCUT2D eigenvalue weighted by Crippen LogP contribution is 2.13. The normalized spacial score (nSPS) is 11.8. The van der Waals surface area contributed by atoms with Crippen LogP contribution in [0.3, 0.4) is 0 Å². The van der Waals surface area contributed by atoms with Crippen molar-refractivity contribution in [1.82, 2.24) is 0 Å². The van der Waals surface area contributed by atoms with Crippen LogP contribution in [0.2, 0.25) is 0 Å². The van der Waals surface area contributed by atoms with Crippen molar-refractivity contribution >= 4 is 10.1 Å². The summed E-state index contributed by atoms with van der Waals surface area (Å²) in [5.41, 5.74) is 1.17. The summed E-state index contributed by atoms with van der Waals surface area (Å²) < 4.78 is 26.6. The Morgan fingerprint density at radius 2 is 1.83 bits per heavy atom. The molecule has 0 aromatic heterocycles. The number of quaternary nitrogens is 1. The van der Waals surface area contributed by atoms with Gasteiger partial charge in [-0.3, -0.25) is 0 Å². The summed E-state index contributed by atoms with van der Waals surface area (Å²) in [6.45, 7) is 6.45. The van der Waals surface area contributed by atoms with Gasteiger partial charge in [0, 0.05) is 5.56 Å².